The summed E-state index contributed by atoms with van der Waals surface area (Å²) in [5, 5.41) is 3.40. The Morgan fingerprint density at radius 3 is 2.80 bits per heavy atom. The molecule has 1 aromatic rings. The molecule has 1 N–H and O–H groups in total. The van der Waals surface area contributed by atoms with Gasteiger partial charge in [0.25, 0.3) is 0 Å². The van der Waals surface area contributed by atoms with Crippen molar-refractivity contribution < 1.29 is 9.47 Å². The first-order valence-corrected chi connectivity index (χ1v) is 7.65. The van der Waals surface area contributed by atoms with E-state index in [1.807, 2.05) is 6.07 Å². The second-order valence-electron chi connectivity index (χ2n) is 5.61. The molecule has 1 aliphatic heterocycles. The maximum Gasteiger partial charge on any atom is 0.218 e. The summed E-state index contributed by atoms with van der Waals surface area (Å²) in [6.07, 6.45) is 5.51. The summed E-state index contributed by atoms with van der Waals surface area (Å²) in [5.74, 6) is 0.766. The van der Waals surface area contributed by atoms with E-state index in [-0.39, 0.29) is 18.3 Å². The van der Waals surface area contributed by atoms with Crippen LogP contribution >= 0.6 is 0 Å². The predicted molar refractivity (Wildman–Crippen MR) is 79.9 cm³/mol. The zero-order chi connectivity index (χ0) is 14.4. The Morgan fingerprint density at radius 1 is 1.35 bits per heavy atom. The number of nitrogens with zero attached hydrogens (tertiary/aromatic N) is 1. The molecule has 0 radical (unpaired) electrons. The van der Waals surface area contributed by atoms with Crippen molar-refractivity contribution in [3.63, 3.8) is 0 Å². The van der Waals surface area contributed by atoms with E-state index in [0.29, 0.717) is 0 Å². The molecule has 0 aliphatic carbocycles. The van der Waals surface area contributed by atoms with Crippen molar-refractivity contribution >= 4 is 0 Å². The lowest BCUT2D eigenvalue weighted by Gasteiger charge is -2.32. The fraction of sp³-hybridized carbons (Fsp3) is 0.688. The second-order valence-corrected chi connectivity index (χ2v) is 5.61. The first-order chi connectivity index (χ1) is 9.69. The maximum atomic E-state index is 6.13. The monoisotopic (exact) mass is 278 g/mol. The van der Waals surface area contributed by atoms with E-state index < -0.39 is 0 Å². The van der Waals surface area contributed by atoms with Crippen LogP contribution in [0.1, 0.15) is 45.6 Å². The Bertz CT molecular complexity index is 401. The highest BCUT2D eigenvalue weighted by atomic mass is 16.5. The minimum absolute atomic E-state index is 0.202. The molecule has 0 bridgehead atoms. The van der Waals surface area contributed by atoms with E-state index in [9.17, 15) is 0 Å². The zero-order valence-corrected chi connectivity index (χ0v) is 12.8. The summed E-state index contributed by atoms with van der Waals surface area (Å²) >= 11 is 0. The molecule has 2 atom stereocenters. The highest BCUT2D eigenvalue weighted by Gasteiger charge is 2.26. The smallest absolute Gasteiger partial charge is 0.218 e. The number of rotatable bonds is 6. The van der Waals surface area contributed by atoms with Gasteiger partial charge in [0.15, 0.2) is 0 Å². The van der Waals surface area contributed by atoms with Gasteiger partial charge in [-0.05, 0) is 32.9 Å². The summed E-state index contributed by atoms with van der Waals surface area (Å²) in [7, 11) is 0. The predicted octanol–water partition coefficient (Wildman–Crippen LogP) is 2.92. The first kappa shape index (κ1) is 15.3. The summed E-state index contributed by atoms with van der Waals surface area (Å²) in [5.41, 5.74) is 1.13. The third-order valence-electron chi connectivity index (χ3n) is 3.52. The van der Waals surface area contributed by atoms with Crippen molar-refractivity contribution in [1.29, 1.82) is 0 Å². The van der Waals surface area contributed by atoms with Crippen molar-refractivity contribution in [1.82, 2.24) is 10.3 Å². The molecule has 4 heteroatoms. The van der Waals surface area contributed by atoms with Gasteiger partial charge in [-0.3, -0.25) is 0 Å². The third-order valence-corrected chi connectivity index (χ3v) is 3.52. The molecule has 0 amide bonds. The maximum absolute atomic E-state index is 6.13. The lowest BCUT2D eigenvalue weighted by molar-refractivity contribution is -0.0731. The van der Waals surface area contributed by atoms with Crippen LogP contribution in [0.4, 0.5) is 0 Å². The molecule has 2 rings (SSSR count). The number of pyridine rings is 1. The normalized spacial score (nSPS) is 26.4. The molecule has 2 unspecified atom stereocenters. The Kier molecular flexibility index (Phi) is 5.80. The van der Waals surface area contributed by atoms with Gasteiger partial charge in [-0.1, -0.05) is 13.0 Å². The van der Waals surface area contributed by atoms with Crippen molar-refractivity contribution in [3.8, 4) is 5.88 Å². The van der Waals surface area contributed by atoms with Gasteiger partial charge in [0.1, 0.15) is 6.10 Å². The lowest BCUT2D eigenvalue weighted by atomic mass is 10.0. The Hall–Kier alpha value is -1.13. The van der Waals surface area contributed by atoms with Crippen LogP contribution in [-0.2, 0) is 11.3 Å². The quantitative estimate of drug-likeness (QED) is 0.813. The molecular formula is C16H26N2O2. The van der Waals surface area contributed by atoms with Crippen LogP contribution < -0.4 is 10.1 Å². The zero-order valence-electron chi connectivity index (χ0n) is 12.8. The summed E-state index contributed by atoms with van der Waals surface area (Å²) in [6, 6.07) is 4.04. The van der Waals surface area contributed by atoms with E-state index >= 15 is 0 Å². The van der Waals surface area contributed by atoms with Gasteiger partial charge < -0.3 is 14.8 Å². The first-order valence-electron chi connectivity index (χ1n) is 7.65. The lowest BCUT2D eigenvalue weighted by Crippen LogP contribution is -2.36. The topological polar surface area (TPSA) is 43.4 Å². The molecule has 112 valence electrons. The van der Waals surface area contributed by atoms with Crippen LogP contribution in [0.15, 0.2) is 18.3 Å². The Morgan fingerprint density at radius 2 is 2.10 bits per heavy atom. The molecule has 2 heterocycles. The number of ether oxygens (including phenoxy) is 2. The molecule has 1 saturated heterocycles. The van der Waals surface area contributed by atoms with Gasteiger partial charge in [-0.25, -0.2) is 4.98 Å². The largest absolute Gasteiger partial charge is 0.474 e. The number of aromatic nitrogens is 1. The summed E-state index contributed by atoms with van der Waals surface area (Å²) in [4.78, 5) is 4.40. The summed E-state index contributed by atoms with van der Waals surface area (Å²) in [6.45, 7) is 8.20. The van der Waals surface area contributed by atoms with E-state index in [1.54, 1.807) is 6.20 Å². The highest BCUT2D eigenvalue weighted by Crippen LogP contribution is 2.25. The molecule has 1 aromatic heterocycles. The van der Waals surface area contributed by atoms with Crippen molar-refractivity contribution in [2.45, 2.75) is 64.9 Å². The molecule has 0 saturated carbocycles. The Balaban J connectivity index is 1.97. The third kappa shape index (κ3) is 4.46. The number of hydrogen-bond donors (Lipinski definition) is 1. The van der Waals surface area contributed by atoms with Gasteiger partial charge in [-0.2, -0.15) is 0 Å². The molecular weight excluding hydrogens is 252 g/mol. The molecule has 20 heavy (non-hydrogen) atoms. The van der Waals surface area contributed by atoms with Gasteiger partial charge in [0.05, 0.1) is 12.2 Å². The minimum atomic E-state index is 0.202. The standard InChI is InChI=1S/C16H26N2O2/c1-4-7-17-11-14-6-5-8-18-16(14)20-15-9-12(2)19-13(3)10-15/h5-6,8,12-13,15,17H,4,7,9-11H2,1-3H3. The van der Waals surface area contributed by atoms with Crippen molar-refractivity contribution in [2.75, 3.05) is 6.54 Å². The van der Waals surface area contributed by atoms with Crippen LogP contribution in [0.25, 0.3) is 0 Å². The average Bonchev–Trinajstić information content (AvgIpc) is 2.40. The van der Waals surface area contributed by atoms with Gasteiger partial charge >= 0.3 is 0 Å². The molecule has 4 nitrogen and oxygen atoms in total. The number of hydrogen-bond acceptors (Lipinski definition) is 4. The molecule has 0 spiro atoms. The van der Waals surface area contributed by atoms with Crippen molar-refractivity contribution in [2.24, 2.45) is 0 Å². The van der Waals surface area contributed by atoms with Gasteiger partial charge in [0.2, 0.25) is 5.88 Å². The van der Waals surface area contributed by atoms with Crippen LogP contribution in [0.5, 0.6) is 5.88 Å². The molecule has 1 fully saturated rings. The van der Waals surface area contributed by atoms with Gasteiger partial charge in [0, 0.05) is 31.1 Å². The van der Waals surface area contributed by atoms with Crippen LogP contribution in [0.2, 0.25) is 0 Å². The fourth-order valence-corrected chi connectivity index (χ4v) is 2.66. The Labute approximate surface area is 121 Å². The van der Waals surface area contributed by atoms with Crippen molar-refractivity contribution in [3.05, 3.63) is 23.9 Å². The molecule has 0 aromatic carbocycles. The van der Waals surface area contributed by atoms with E-state index in [1.165, 1.54) is 0 Å². The van der Waals surface area contributed by atoms with E-state index in [2.05, 4.69) is 37.1 Å². The molecule has 1 aliphatic rings. The summed E-state index contributed by atoms with van der Waals surface area (Å²) < 4.78 is 11.9. The number of nitrogens with one attached hydrogen (secondary N) is 1. The highest BCUT2D eigenvalue weighted by molar-refractivity contribution is 5.25. The van der Waals surface area contributed by atoms with Crippen LogP contribution in [0, 0.1) is 0 Å². The van der Waals surface area contributed by atoms with E-state index in [4.69, 9.17) is 9.47 Å². The van der Waals surface area contributed by atoms with Crippen LogP contribution in [-0.4, -0.2) is 29.8 Å². The van der Waals surface area contributed by atoms with E-state index in [0.717, 1.165) is 43.8 Å². The average molecular weight is 278 g/mol. The minimum Gasteiger partial charge on any atom is -0.474 e. The fourth-order valence-electron chi connectivity index (χ4n) is 2.66. The van der Waals surface area contributed by atoms with Crippen LogP contribution in [0.3, 0.4) is 0 Å². The second kappa shape index (κ2) is 7.60. The van der Waals surface area contributed by atoms with Gasteiger partial charge in [-0.15, -0.1) is 0 Å². The SMILES string of the molecule is CCCNCc1cccnc1OC1CC(C)OC(C)C1.